The van der Waals surface area contributed by atoms with Crippen molar-refractivity contribution in [1.29, 1.82) is 0 Å². The Balaban J connectivity index is 3.39. The molecule has 1 atom stereocenters. The zero-order valence-electron chi connectivity index (χ0n) is 6.96. The summed E-state index contributed by atoms with van der Waals surface area (Å²) in [6, 6.07) is 0. The van der Waals surface area contributed by atoms with E-state index in [2.05, 4.69) is 0 Å². The number of rotatable bonds is 5. The molecule has 0 unspecified atom stereocenters. The zero-order chi connectivity index (χ0) is 7.98. The molecule has 10 heavy (non-hydrogen) atoms. The van der Waals surface area contributed by atoms with Crippen molar-refractivity contribution in [2.45, 2.75) is 26.1 Å². The van der Waals surface area contributed by atoms with Crippen LogP contribution in [0.15, 0.2) is 0 Å². The summed E-state index contributed by atoms with van der Waals surface area (Å²) in [6.45, 7) is 5.07. The summed E-state index contributed by atoms with van der Waals surface area (Å²) in [5.41, 5.74) is 5.40. The van der Waals surface area contributed by atoms with Gasteiger partial charge in [0.15, 0.2) is 0 Å². The average molecular weight is 147 g/mol. The standard InChI is InChI=1S/C7H17NO2/c1-6(2)10-7(4-8)5-9-3/h6-7H,4-5,8H2,1-3H3/t7-/m0/s1. The summed E-state index contributed by atoms with van der Waals surface area (Å²) in [7, 11) is 1.65. The fourth-order valence-electron chi connectivity index (χ4n) is 0.734. The first-order valence-electron chi connectivity index (χ1n) is 3.55. The van der Waals surface area contributed by atoms with Crippen LogP contribution in [0.5, 0.6) is 0 Å². The average Bonchev–Trinajstić information content (AvgIpc) is 1.86. The van der Waals surface area contributed by atoms with Gasteiger partial charge in [0.1, 0.15) is 0 Å². The van der Waals surface area contributed by atoms with Crippen molar-refractivity contribution in [1.82, 2.24) is 0 Å². The second-order valence-electron chi connectivity index (χ2n) is 2.50. The van der Waals surface area contributed by atoms with Crippen LogP contribution in [0.25, 0.3) is 0 Å². The minimum Gasteiger partial charge on any atom is -0.382 e. The first-order valence-corrected chi connectivity index (χ1v) is 3.55. The lowest BCUT2D eigenvalue weighted by Gasteiger charge is -2.17. The van der Waals surface area contributed by atoms with E-state index < -0.39 is 0 Å². The lowest BCUT2D eigenvalue weighted by atomic mass is 10.3. The molecule has 0 bridgehead atoms. The summed E-state index contributed by atoms with van der Waals surface area (Å²) in [4.78, 5) is 0. The number of hydrogen-bond donors (Lipinski definition) is 1. The van der Waals surface area contributed by atoms with E-state index in [0.29, 0.717) is 13.2 Å². The number of hydrogen-bond acceptors (Lipinski definition) is 3. The second kappa shape index (κ2) is 5.65. The molecule has 0 saturated heterocycles. The van der Waals surface area contributed by atoms with Gasteiger partial charge in [-0.2, -0.15) is 0 Å². The molecular formula is C7H17NO2. The first kappa shape index (κ1) is 9.88. The molecule has 62 valence electrons. The summed E-state index contributed by atoms with van der Waals surface area (Å²) >= 11 is 0. The van der Waals surface area contributed by atoms with Gasteiger partial charge >= 0.3 is 0 Å². The Labute approximate surface area is 62.5 Å². The highest BCUT2D eigenvalue weighted by Gasteiger charge is 2.07. The maximum absolute atomic E-state index is 5.40. The van der Waals surface area contributed by atoms with Gasteiger partial charge in [-0.05, 0) is 13.8 Å². The van der Waals surface area contributed by atoms with Gasteiger partial charge in [-0.1, -0.05) is 0 Å². The Morgan fingerprint density at radius 2 is 2.00 bits per heavy atom. The van der Waals surface area contributed by atoms with Gasteiger partial charge in [-0.3, -0.25) is 0 Å². The Morgan fingerprint density at radius 1 is 1.40 bits per heavy atom. The van der Waals surface area contributed by atoms with Gasteiger partial charge < -0.3 is 15.2 Å². The molecule has 0 aromatic rings. The lowest BCUT2D eigenvalue weighted by Crippen LogP contribution is -2.30. The molecule has 3 heteroatoms. The summed E-state index contributed by atoms with van der Waals surface area (Å²) in [5, 5.41) is 0. The van der Waals surface area contributed by atoms with Gasteiger partial charge in [0, 0.05) is 13.7 Å². The van der Waals surface area contributed by atoms with Crippen LogP contribution < -0.4 is 5.73 Å². The summed E-state index contributed by atoms with van der Waals surface area (Å²) < 4.78 is 10.3. The Bertz CT molecular complexity index is 76.0. The summed E-state index contributed by atoms with van der Waals surface area (Å²) in [5.74, 6) is 0. The number of nitrogens with two attached hydrogens (primary N) is 1. The Morgan fingerprint density at radius 3 is 2.30 bits per heavy atom. The molecule has 0 aromatic carbocycles. The monoisotopic (exact) mass is 147 g/mol. The number of ether oxygens (including phenoxy) is 2. The van der Waals surface area contributed by atoms with Gasteiger partial charge in [-0.15, -0.1) is 0 Å². The van der Waals surface area contributed by atoms with Crippen LogP contribution in [0.1, 0.15) is 13.8 Å². The molecule has 0 saturated carbocycles. The maximum Gasteiger partial charge on any atom is 0.0933 e. The molecule has 0 aliphatic heterocycles. The van der Waals surface area contributed by atoms with Crippen molar-refractivity contribution in [2.75, 3.05) is 20.3 Å². The Kier molecular flexibility index (Phi) is 5.58. The highest BCUT2D eigenvalue weighted by molar-refractivity contribution is 4.57. The third kappa shape index (κ3) is 4.73. The fraction of sp³-hybridized carbons (Fsp3) is 1.00. The highest BCUT2D eigenvalue weighted by Crippen LogP contribution is 1.95. The van der Waals surface area contributed by atoms with Crippen LogP contribution in [-0.4, -0.2) is 32.5 Å². The van der Waals surface area contributed by atoms with Crippen LogP contribution in [0.4, 0.5) is 0 Å². The zero-order valence-corrected chi connectivity index (χ0v) is 6.96. The highest BCUT2D eigenvalue weighted by atomic mass is 16.5. The molecule has 0 aliphatic rings. The smallest absolute Gasteiger partial charge is 0.0933 e. The fourth-order valence-corrected chi connectivity index (χ4v) is 0.734. The van der Waals surface area contributed by atoms with Crippen LogP contribution in [0.3, 0.4) is 0 Å². The molecule has 0 rings (SSSR count). The minimum atomic E-state index is 0.0463. The van der Waals surface area contributed by atoms with Crippen molar-refractivity contribution in [3.05, 3.63) is 0 Å². The van der Waals surface area contributed by atoms with Crippen LogP contribution in [0.2, 0.25) is 0 Å². The summed E-state index contributed by atoms with van der Waals surface area (Å²) in [6.07, 6.45) is 0.272. The van der Waals surface area contributed by atoms with Crippen LogP contribution in [0, 0.1) is 0 Å². The van der Waals surface area contributed by atoms with E-state index in [-0.39, 0.29) is 12.2 Å². The normalized spacial score (nSPS) is 14.1. The van der Waals surface area contributed by atoms with E-state index in [4.69, 9.17) is 15.2 Å². The third-order valence-electron chi connectivity index (χ3n) is 1.08. The lowest BCUT2D eigenvalue weighted by molar-refractivity contribution is -0.0284. The largest absolute Gasteiger partial charge is 0.382 e. The first-order chi connectivity index (χ1) is 4.70. The molecule has 0 aliphatic carbocycles. The maximum atomic E-state index is 5.40. The molecule has 0 heterocycles. The molecule has 0 spiro atoms. The van der Waals surface area contributed by atoms with Crippen molar-refractivity contribution >= 4 is 0 Å². The Hall–Kier alpha value is -0.120. The van der Waals surface area contributed by atoms with E-state index >= 15 is 0 Å². The van der Waals surface area contributed by atoms with E-state index in [9.17, 15) is 0 Å². The van der Waals surface area contributed by atoms with Crippen molar-refractivity contribution < 1.29 is 9.47 Å². The molecule has 0 aromatic heterocycles. The van der Waals surface area contributed by atoms with E-state index in [1.165, 1.54) is 0 Å². The molecule has 0 amide bonds. The van der Waals surface area contributed by atoms with E-state index in [1.54, 1.807) is 7.11 Å². The van der Waals surface area contributed by atoms with Gasteiger partial charge in [-0.25, -0.2) is 0 Å². The third-order valence-corrected chi connectivity index (χ3v) is 1.08. The second-order valence-corrected chi connectivity index (χ2v) is 2.50. The molecule has 0 fully saturated rings. The van der Waals surface area contributed by atoms with E-state index in [0.717, 1.165) is 0 Å². The SMILES string of the molecule is COC[C@H](CN)OC(C)C. The van der Waals surface area contributed by atoms with Crippen LogP contribution >= 0.6 is 0 Å². The van der Waals surface area contributed by atoms with Gasteiger partial charge in [0.25, 0.3) is 0 Å². The quantitative estimate of drug-likeness (QED) is 0.611. The molecule has 0 radical (unpaired) electrons. The van der Waals surface area contributed by atoms with E-state index in [1.807, 2.05) is 13.8 Å². The van der Waals surface area contributed by atoms with Crippen molar-refractivity contribution in [3.63, 3.8) is 0 Å². The van der Waals surface area contributed by atoms with Crippen molar-refractivity contribution in [2.24, 2.45) is 5.73 Å². The topological polar surface area (TPSA) is 44.5 Å². The minimum absolute atomic E-state index is 0.0463. The van der Waals surface area contributed by atoms with Crippen molar-refractivity contribution in [3.8, 4) is 0 Å². The predicted molar refractivity (Wildman–Crippen MR) is 40.9 cm³/mol. The predicted octanol–water partition coefficient (Wildman–Crippen LogP) is 0.385. The van der Waals surface area contributed by atoms with Gasteiger partial charge in [0.2, 0.25) is 0 Å². The van der Waals surface area contributed by atoms with Gasteiger partial charge in [0.05, 0.1) is 18.8 Å². The molecule has 3 nitrogen and oxygen atoms in total. The molecular weight excluding hydrogens is 130 g/mol. The molecule has 2 N–H and O–H groups in total. The van der Waals surface area contributed by atoms with Crippen LogP contribution in [-0.2, 0) is 9.47 Å². The number of methoxy groups -OCH3 is 1.